The number of nitrogens with zero attached hydrogens (tertiary/aromatic N) is 2. The van der Waals surface area contributed by atoms with Crippen LogP contribution in [0.25, 0.3) is 0 Å². The predicted molar refractivity (Wildman–Crippen MR) is 118 cm³/mol. The number of aromatic nitrogens is 2. The highest BCUT2D eigenvalue weighted by Gasteiger charge is 2.21. The minimum Gasteiger partial charge on any atom is -0.342 e. The van der Waals surface area contributed by atoms with E-state index in [1.807, 2.05) is 50.2 Å². The highest BCUT2D eigenvalue weighted by atomic mass is 16.2. The van der Waals surface area contributed by atoms with Crippen molar-refractivity contribution in [3.05, 3.63) is 77.6 Å². The summed E-state index contributed by atoms with van der Waals surface area (Å²) in [6.07, 6.45) is 0.467. The van der Waals surface area contributed by atoms with Crippen molar-refractivity contribution in [2.45, 2.75) is 33.2 Å². The molecule has 3 N–H and O–H groups in total. The van der Waals surface area contributed by atoms with E-state index in [1.165, 1.54) is 6.92 Å². The Bertz CT molecular complexity index is 1020. The van der Waals surface area contributed by atoms with Crippen LogP contribution in [0.4, 0.5) is 17.3 Å². The molecule has 0 saturated heterocycles. The fourth-order valence-electron chi connectivity index (χ4n) is 3.11. The summed E-state index contributed by atoms with van der Waals surface area (Å²) >= 11 is 0. The van der Waals surface area contributed by atoms with Crippen molar-refractivity contribution in [1.82, 2.24) is 9.97 Å². The van der Waals surface area contributed by atoms with Crippen LogP contribution >= 0.6 is 0 Å². The van der Waals surface area contributed by atoms with Gasteiger partial charge in [-0.1, -0.05) is 36.4 Å². The number of hydrogen-bond donors (Lipinski definition) is 3. The van der Waals surface area contributed by atoms with E-state index in [0.717, 1.165) is 17.0 Å². The number of benzene rings is 2. The van der Waals surface area contributed by atoms with Gasteiger partial charge < -0.3 is 16.0 Å². The molecule has 0 spiro atoms. The van der Waals surface area contributed by atoms with E-state index in [4.69, 9.17) is 0 Å². The minimum atomic E-state index is -0.585. The van der Waals surface area contributed by atoms with Crippen LogP contribution in [0.3, 0.4) is 0 Å². The minimum absolute atomic E-state index is 0.172. The summed E-state index contributed by atoms with van der Waals surface area (Å²) in [5.74, 6) is 0.0197. The zero-order valence-corrected chi connectivity index (χ0v) is 17.3. The number of carbonyl (C=O) groups excluding carboxylic acids is 2. The molecule has 0 aliphatic heterocycles. The fourth-order valence-corrected chi connectivity index (χ4v) is 3.11. The van der Waals surface area contributed by atoms with E-state index in [1.54, 1.807) is 24.3 Å². The van der Waals surface area contributed by atoms with Crippen molar-refractivity contribution in [3.63, 3.8) is 0 Å². The van der Waals surface area contributed by atoms with Crippen molar-refractivity contribution in [2.75, 3.05) is 16.0 Å². The molecule has 3 aromatic rings. The van der Waals surface area contributed by atoms with E-state index in [-0.39, 0.29) is 11.8 Å². The molecule has 1 heterocycles. The number of rotatable bonds is 7. The first-order valence-electron chi connectivity index (χ1n) is 9.70. The maximum absolute atomic E-state index is 13.1. The molecule has 0 bridgehead atoms. The number of carbonyl (C=O) groups is 2. The summed E-state index contributed by atoms with van der Waals surface area (Å²) in [4.78, 5) is 33.2. The smallest absolute Gasteiger partial charge is 0.247 e. The van der Waals surface area contributed by atoms with Gasteiger partial charge in [0.05, 0.1) is 0 Å². The number of hydrogen-bond acceptors (Lipinski definition) is 5. The van der Waals surface area contributed by atoms with Crippen LogP contribution in [-0.4, -0.2) is 27.8 Å². The van der Waals surface area contributed by atoms with E-state index in [2.05, 4.69) is 25.9 Å². The van der Waals surface area contributed by atoms with E-state index in [9.17, 15) is 9.59 Å². The monoisotopic (exact) mass is 403 g/mol. The Morgan fingerprint density at radius 2 is 1.50 bits per heavy atom. The Morgan fingerprint density at radius 1 is 0.867 bits per heavy atom. The molecule has 1 aromatic heterocycles. The van der Waals surface area contributed by atoms with Gasteiger partial charge in [0, 0.05) is 36.1 Å². The van der Waals surface area contributed by atoms with Crippen molar-refractivity contribution in [1.29, 1.82) is 0 Å². The average molecular weight is 403 g/mol. The molecule has 0 aliphatic rings. The first kappa shape index (κ1) is 21.0. The van der Waals surface area contributed by atoms with Gasteiger partial charge >= 0.3 is 0 Å². The van der Waals surface area contributed by atoms with Crippen molar-refractivity contribution in [2.24, 2.45) is 0 Å². The maximum atomic E-state index is 13.1. The Kier molecular flexibility index (Phi) is 6.75. The van der Waals surface area contributed by atoms with Gasteiger partial charge in [0.1, 0.15) is 6.04 Å². The third-order valence-electron chi connectivity index (χ3n) is 4.34. The van der Waals surface area contributed by atoms with Gasteiger partial charge in [0.15, 0.2) is 0 Å². The van der Waals surface area contributed by atoms with Crippen molar-refractivity contribution < 1.29 is 9.59 Å². The summed E-state index contributed by atoms with van der Waals surface area (Å²) in [5.41, 5.74) is 3.87. The van der Waals surface area contributed by atoms with Crippen LogP contribution in [0, 0.1) is 13.8 Å². The zero-order valence-electron chi connectivity index (χ0n) is 17.3. The van der Waals surface area contributed by atoms with Gasteiger partial charge in [-0.25, -0.2) is 9.97 Å². The third kappa shape index (κ3) is 6.13. The average Bonchev–Trinajstić information content (AvgIpc) is 2.67. The van der Waals surface area contributed by atoms with Crippen LogP contribution in [-0.2, 0) is 16.0 Å². The highest BCUT2D eigenvalue weighted by molar-refractivity contribution is 5.97. The van der Waals surface area contributed by atoms with Crippen molar-refractivity contribution >= 4 is 29.1 Å². The normalized spacial score (nSPS) is 11.4. The zero-order chi connectivity index (χ0) is 21.5. The number of aryl methyl sites for hydroxylation is 2. The summed E-state index contributed by atoms with van der Waals surface area (Å²) in [5, 5.41) is 8.80. The largest absolute Gasteiger partial charge is 0.342 e. The molecule has 7 nitrogen and oxygen atoms in total. The lowest BCUT2D eigenvalue weighted by Gasteiger charge is -2.19. The molecule has 30 heavy (non-hydrogen) atoms. The summed E-state index contributed by atoms with van der Waals surface area (Å²) in [6.45, 7) is 5.22. The van der Waals surface area contributed by atoms with Crippen LogP contribution in [0.5, 0.6) is 0 Å². The van der Waals surface area contributed by atoms with Crippen molar-refractivity contribution in [3.8, 4) is 0 Å². The Morgan fingerprint density at radius 3 is 2.13 bits per heavy atom. The fraction of sp³-hybridized carbons (Fsp3) is 0.217. The predicted octanol–water partition coefficient (Wildman–Crippen LogP) is 3.71. The topological polar surface area (TPSA) is 96.0 Å². The number of nitrogens with one attached hydrogen (secondary N) is 3. The SMILES string of the molecule is CC(=O)Nc1cccc(NC(=O)C(Cc2ccccc2)Nc2nc(C)cc(C)n2)c1. The lowest BCUT2D eigenvalue weighted by Crippen LogP contribution is -2.37. The highest BCUT2D eigenvalue weighted by Crippen LogP contribution is 2.17. The lowest BCUT2D eigenvalue weighted by atomic mass is 10.1. The molecule has 1 unspecified atom stereocenters. The van der Waals surface area contributed by atoms with Gasteiger partial charge in [-0.3, -0.25) is 9.59 Å². The molecule has 2 amide bonds. The summed E-state index contributed by atoms with van der Waals surface area (Å²) in [7, 11) is 0. The van der Waals surface area contributed by atoms with E-state index < -0.39 is 6.04 Å². The van der Waals surface area contributed by atoms with Gasteiger partial charge in [0.25, 0.3) is 0 Å². The third-order valence-corrected chi connectivity index (χ3v) is 4.34. The van der Waals surface area contributed by atoms with E-state index >= 15 is 0 Å². The second-order valence-corrected chi connectivity index (χ2v) is 7.11. The summed E-state index contributed by atoms with van der Waals surface area (Å²) < 4.78 is 0. The standard InChI is InChI=1S/C23H25N5O2/c1-15-12-16(2)25-23(24-15)28-21(13-18-8-5-4-6-9-18)22(30)27-20-11-7-10-19(14-20)26-17(3)29/h4-12,14,21H,13H2,1-3H3,(H,26,29)(H,27,30)(H,24,25,28). The quantitative estimate of drug-likeness (QED) is 0.559. The number of amides is 2. The second-order valence-electron chi connectivity index (χ2n) is 7.11. The van der Waals surface area contributed by atoms with Gasteiger partial charge in [-0.2, -0.15) is 0 Å². The van der Waals surface area contributed by atoms with Gasteiger partial charge in [-0.15, -0.1) is 0 Å². The molecule has 2 aromatic carbocycles. The van der Waals surface area contributed by atoms with Crippen LogP contribution < -0.4 is 16.0 Å². The molecular weight excluding hydrogens is 378 g/mol. The Balaban J connectivity index is 1.81. The lowest BCUT2D eigenvalue weighted by molar-refractivity contribution is -0.117. The molecule has 154 valence electrons. The van der Waals surface area contributed by atoms with Gasteiger partial charge in [-0.05, 0) is 43.7 Å². The Hall–Kier alpha value is -3.74. The number of anilines is 3. The van der Waals surface area contributed by atoms with Crippen LogP contribution in [0.2, 0.25) is 0 Å². The van der Waals surface area contributed by atoms with E-state index in [0.29, 0.717) is 23.7 Å². The Labute approximate surface area is 176 Å². The molecule has 1 atom stereocenters. The summed E-state index contributed by atoms with van der Waals surface area (Å²) in [6, 6.07) is 18.1. The van der Waals surface area contributed by atoms with Gasteiger partial charge in [0.2, 0.25) is 17.8 Å². The molecule has 7 heteroatoms. The first-order chi connectivity index (χ1) is 14.4. The maximum Gasteiger partial charge on any atom is 0.247 e. The molecule has 3 rings (SSSR count). The first-order valence-corrected chi connectivity index (χ1v) is 9.70. The van der Waals surface area contributed by atoms with Crippen LogP contribution in [0.1, 0.15) is 23.9 Å². The molecule has 0 fully saturated rings. The molecular formula is C23H25N5O2. The second kappa shape index (κ2) is 9.65. The molecule has 0 aliphatic carbocycles. The van der Waals surface area contributed by atoms with Crippen LogP contribution in [0.15, 0.2) is 60.7 Å². The molecule has 0 saturated carbocycles. The molecule has 0 radical (unpaired) electrons.